The Kier molecular flexibility index (Phi) is 5.22. The summed E-state index contributed by atoms with van der Waals surface area (Å²) in [6.45, 7) is 0. The maximum atomic E-state index is 14.0. The van der Waals surface area contributed by atoms with E-state index in [1.165, 1.54) is 32.4 Å². The molecule has 0 amide bonds. The highest BCUT2D eigenvalue weighted by Crippen LogP contribution is 2.31. The van der Waals surface area contributed by atoms with E-state index in [1.807, 2.05) is 0 Å². The molecular weight excluding hydrogens is 287 g/mol. The van der Waals surface area contributed by atoms with Crippen LogP contribution < -0.4 is 9.47 Å². The van der Waals surface area contributed by atoms with Gasteiger partial charge in [-0.05, 0) is 42.2 Å². The molecule has 2 aromatic carbocycles. The second kappa shape index (κ2) is 7.13. The Hall–Kier alpha value is -2.27. The quantitative estimate of drug-likeness (QED) is 0.860. The molecule has 0 aliphatic rings. The lowest BCUT2D eigenvalue weighted by Crippen LogP contribution is -2.02. The molecule has 1 atom stereocenters. The number of rotatable bonds is 6. The highest BCUT2D eigenvalue weighted by Gasteiger charge is 2.14. The molecular formula is C17H19FO4. The number of aliphatic hydroxyl groups is 1. The third-order valence-corrected chi connectivity index (χ3v) is 3.49. The van der Waals surface area contributed by atoms with E-state index in [1.54, 1.807) is 18.2 Å². The van der Waals surface area contributed by atoms with E-state index < -0.39 is 11.9 Å². The Morgan fingerprint density at radius 2 is 1.77 bits per heavy atom. The molecule has 22 heavy (non-hydrogen) atoms. The molecule has 0 saturated heterocycles. The summed E-state index contributed by atoms with van der Waals surface area (Å²) in [6.07, 6.45) is -0.113. The smallest absolute Gasteiger partial charge is 0.163 e. The van der Waals surface area contributed by atoms with Crippen molar-refractivity contribution in [2.45, 2.75) is 18.9 Å². The van der Waals surface area contributed by atoms with Crippen LogP contribution in [0.15, 0.2) is 36.4 Å². The average Bonchev–Trinajstić information content (AvgIpc) is 2.53. The number of aryl methyl sites for hydroxylation is 1. The second-order valence-electron chi connectivity index (χ2n) is 4.95. The van der Waals surface area contributed by atoms with Crippen molar-refractivity contribution in [2.75, 3.05) is 14.2 Å². The summed E-state index contributed by atoms with van der Waals surface area (Å²) in [7, 11) is 2.93. The van der Waals surface area contributed by atoms with Gasteiger partial charge in [-0.1, -0.05) is 12.1 Å². The van der Waals surface area contributed by atoms with E-state index in [0.717, 1.165) is 0 Å². The van der Waals surface area contributed by atoms with Crippen molar-refractivity contribution >= 4 is 0 Å². The number of hydrogen-bond acceptors (Lipinski definition) is 4. The van der Waals surface area contributed by atoms with E-state index in [9.17, 15) is 14.6 Å². The minimum absolute atomic E-state index is 0.0915. The van der Waals surface area contributed by atoms with Gasteiger partial charge in [0, 0.05) is 6.07 Å². The molecule has 4 nitrogen and oxygen atoms in total. The average molecular weight is 306 g/mol. The third kappa shape index (κ3) is 3.68. The van der Waals surface area contributed by atoms with Gasteiger partial charge in [0.05, 0.1) is 20.3 Å². The molecule has 0 fully saturated rings. The van der Waals surface area contributed by atoms with Crippen LogP contribution in [0.4, 0.5) is 4.39 Å². The Balaban J connectivity index is 2.11. The van der Waals surface area contributed by atoms with E-state index in [0.29, 0.717) is 35.5 Å². The number of methoxy groups -OCH3 is 2. The number of ether oxygens (including phenoxy) is 2. The monoisotopic (exact) mass is 306 g/mol. The standard InChI is InChI=1S/C17H19FO4/c1-21-16-9-11(14(18)10-17(16)22-2)6-7-15(20)12-4-3-5-13(19)8-12/h3-5,8-10,15,19-20H,6-7H2,1-2H3. The largest absolute Gasteiger partial charge is 0.508 e. The normalized spacial score (nSPS) is 12.0. The summed E-state index contributed by atoms with van der Waals surface area (Å²) in [5.74, 6) is 0.470. The second-order valence-corrected chi connectivity index (χ2v) is 4.95. The number of phenolic OH excluding ortho intramolecular Hbond substituents is 1. The fraction of sp³-hybridized carbons (Fsp3) is 0.294. The number of aromatic hydroxyl groups is 1. The number of benzene rings is 2. The molecule has 0 radical (unpaired) electrons. The van der Waals surface area contributed by atoms with Crippen molar-refractivity contribution in [1.82, 2.24) is 0 Å². The molecule has 2 aromatic rings. The van der Waals surface area contributed by atoms with Gasteiger partial charge in [-0.3, -0.25) is 0 Å². The Labute approximate surface area is 128 Å². The number of halogens is 1. The molecule has 2 N–H and O–H groups in total. The van der Waals surface area contributed by atoms with Crippen LogP contribution in [0.25, 0.3) is 0 Å². The van der Waals surface area contributed by atoms with Crippen molar-refractivity contribution in [1.29, 1.82) is 0 Å². The van der Waals surface area contributed by atoms with Gasteiger partial charge < -0.3 is 19.7 Å². The fourth-order valence-corrected chi connectivity index (χ4v) is 2.28. The van der Waals surface area contributed by atoms with Gasteiger partial charge in [-0.15, -0.1) is 0 Å². The molecule has 0 aliphatic carbocycles. The Morgan fingerprint density at radius 3 is 2.41 bits per heavy atom. The molecule has 0 aliphatic heterocycles. The fourth-order valence-electron chi connectivity index (χ4n) is 2.28. The van der Waals surface area contributed by atoms with Crippen molar-refractivity contribution in [3.63, 3.8) is 0 Å². The van der Waals surface area contributed by atoms with Crippen LogP contribution >= 0.6 is 0 Å². The summed E-state index contributed by atoms with van der Waals surface area (Å²) in [5.41, 5.74) is 1.04. The molecule has 0 aromatic heterocycles. The van der Waals surface area contributed by atoms with Crippen LogP contribution in [-0.2, 0) is 6.42 Å². The van der Waals surface area contributed by atoms with Gasteiger partial charge in [0.1, 0.15) is 11.6 Å². The lowest BCUT2D eigenvalue weighted by Gasteiger charge is -2.14. The topological polar surface area (TPSA) is 58.9 Å². The molecule has 0 spiro atoms. The first-order valence-corrected chi connectivity index (χ1v) is 6.92. The highest BCUT2D eigenvalue weighted by atomic mass is 19.1. The molecule has 2 rings (SSSR count). The van der Waals surface area contributed by atoms with Crippen LogP contribution in [0, 0.1) is 5.82 Å². The van der Waals surface area contributed by atoms with Gasteiger partial charge in [-0.25, -0.2) is 4.39 Å². The van der Waals surface area contributed by atoms with Crippen LogP contribution in [0.2, 0.25) is 0 Å². The Morgan fingerprint density at radius 1 is 1.09 bits per heavy atom. The van der Waals surface area contributed by atoms with E-state index in [-0.39, 0.29) is 5.75 Å². The van der Waals surface area contributed by atoms with Gasteiger partial charge in [0.25, 0.3) is 0 Å². The summed E-state index contributed by atoms with van der Waals surface area (Å²) in [5, 5.41) is 19.6. The van der Waals surface area contributed by atoms with Gasteiger partial charge in [0.15, 0.2) is 11.5 Å². The zero-order valence-electron chi connectivity index (χ0n) is 12.5. The Bertz CT molecular complexity index is 643. The molecule has 1 unspecified atom stereocenters. The van der Waals surface area contributed by atoms with Crippen molar-refractivity contribution in [2.24, 2.45) is 0 Å². The number of aliphatic hydroxyl groups excluding tert-OH is 1. The maximum absolute atomic E-state index is 14.0. The van der Waals surface area contributed by atoms with Gasteiger partial charge in [-0.2, -0.15) is 0 Å². The zero-order valence-corrected chi connectivity index (χ0v) is 12.5. The molecule has 0 saturated carbocycles. The predicted octanol–water partition coefficient (Wildman–Crippen LogP) is 3.21. The first-order chi connectivity index (χ1) is 10.5. The summed E-state index contributed by atoms with van der Waals surface area (Å²) >= 11 is 0. The minimum atomic E-state index is -0.778. The molecule has 0 heterocycles. The van der Waals surface area contributed by atoms with Crippen LogP contribution in [-0.4, -0.2) is 24.4 Å². The summed E-state index contributed by atoms with van der Waals surface area (Å²) in [4.78, 5) is 0. The van der Waals surface area contributed by atoms with Crippen LogP contribution in [0.5, 0.6) is 17.2 Å². The lowest BCUT2D eigenvalue weighted by molar-refractivity contribution is 0.167. The molecule has 5 heteroatoms. The van der Waals surface area contributed by atoms with Crippen molar-refractivity contribution < 1.29 is 24.1 Å². The predicted molar refractivity (Wildman–Crippen MR) is 80.9 cm³/mol. The molecule has 118 valence electrons. The van der Waals surface area contributed by atoms with Crippen LogP contribution in [0.1, 0.15) is 23.7 Å². The van der Waals surface area contributed by atoms with Gasteiger partial charge in [0.2, 0.25) is 0 Å². The van der Waals surface area contributed by atoms with Crippen molar-refractivity contribution in [3.8, 4) is 17.2 Å². The summed E-state index contributed by atoms with van der Waals surface area (Å²) < 4.78 is 24.2. The van der Waals surface area contributed by atoms with E-state index in [2.05, 4.69) is 0 Å². The highest BCUT2D eigenvalue weighted by molar-refractivity contribution is 5.43. The number of hydrogen-bond donors (Lipinski definition) is 2. The number of phenols is 1. The third-order valence-electron chi connectivity index (χ3n) is 3.49. The summed E-state index contributed by atoms with van der Waals surface area (Å²) in [6, 6.07) is 9.25. The molecule has 0 bridgehead atoms. The van der Waals surface area contributed by atoms with Gasteiger partial charge >= 0.3 is 0 Å². The first kappa shape index (κ1) is 16.1. The maximum Gasteiger partial charge on any atom is 0.163 e. The lowest BCUT2D eigenvalue weighted by atomic mass is 10.0. The van der Waals surface area contributed by atoms with E-state index in [4.69, 9.17) is 9.47 Å². The van der Waals surface area contributed by atoms with E-state index >= 15 is 0 Å². The van der Waals surface area contributed by atoms with Crippen LogP contribution in [0.3, 0.4) is 0 Å². The minimum Gasteiger partial charge on any atom is -0.508 e. The zero-order chi connectivity index (χ0) is 16.1. The first-order valence-electron chi connectivity index (χ1n) is 6.92. The van der Waals surface area contributed by atoms with Crippen molar-refractivity contribution in [3.05, 3.63) is 53.3 Å². The SMILES string of the molecule is COc1cc(F)c(CCC(O)c2cccc(O)c2)cc1OC.